The van der Waals surface area contributed by atoms with Crippen LogP contribution in [0, 0.1) is 6.92 Å². The van der Waals surface area contributed by atoms with Gasteiger partial charge in [-0.2, -0.15) is 6.42 Å². The van der Waals surface area contributed by atoms with Gasteiger partial charge in [-0.05, 0) is 65.7 Å². The summed E-state index contributed by atoms with van der Waals surface area (Å²) >= 11 is 0. The van der Waals surface area contributed by atoms with E-state index in [2.05, 4.69) is 56.2 Å². The number of hydrogen-bond donors (Lipinski definition) is 0. The van der Waals surface area contributed by atoms with Crippen LogP contribution in [0.25, 0.3) is 0 Å². The first kappa shape index (κ1) is 26.4. The number of likely N-dealkylation sites (tertiary alicyclic amines) is 1. The monoisotopic (exact) mass is 405 g/mol. The van der Waals surface area contributed by atoms with E-state index in [4.69, 9.17) is 4.74 Å². The Bertz CT molecular complexity index is 325. The van der Waals surface area contributed by atoms with Crippen LogP contribution in [-0.4, -0.2) is 85.3 Å². The Morgan fingerprint density at radius 3 is 1.92 bits per heavy atom. The van der Waals surface area contributed by atoms with E-state index in [-0.39, 0.29) is 24.1 Å². The van der Waals surface area contributed by atoms with Gasteiger partial charge in [-0.3, -0.25) is 9.80 Å². The molecule has 0 atom stereocenters. The van der Waals surface area contributed by atoms with Crippen LogP contribution in [0.5, 0.6) is 0 Å². The summed E-state index contributed by atoms with van der Waals surface area (Å²) in [4.78, 5) is 7.57. The molecule has 2 saturated heterocycles. The molecule has 26 heavy (non-hydrogen) atoms. The second-order valence-corrected chi connectivity index (χ2v) is 8.31. The van der Waals surface area contributed by atoms with Gasteiger partial charge in [0.1, 0.15) is 0 Å². The predicted molar refractivity (Wildman–Crippen MR) is 109 cm³/mol. The quantitative estimate of drug-likeness (QED) is 0.603. The van der Waals surface area contributed by atoms with Gasteiger partial charge in [0.2, 0.25) is 0 Å². The number of rotatable bonds is 7. The Labute approximate surface area is 175 Å². The molecule has 0 spiro atoms. The van der Waals surface area contributed by atoms with Crippen molar-refractivity contribution in [2.45, 2.75) is 71.9 Å². The van der Waals surface area contributed by atoms with Crippen LogP contribution in [0.15, 0.2) is 0 Å². The Hall–Kier alpha value is 0.424. The minimum absolute atomic E-state index is 0. The molecule has 0 aromatic carbocycles. The fourth-order valence-corrected chi connectivity index (χ4v) is 3.43. The van der Waals surface area contributed by atoms with E-state index in [0.717, 1.165) is 45.8 Å². The van der Waals surface area contributed by atoms with Gasteiger partial charge in [-0.15, -0.1) is 0 Å². The zero-order valence-electron chi connectivity index (χ0n) is 18.2. The maximum atomic E-state index is 5.59. The second kappa shape index (κ2) is 14.4. The van der Waals surface area contributed by atoms with E-state index in [9.17, 15) is 0 Å². The van der Waals surface area contributed by atoms with Gasteiger partial charge >= 0.3 is 0 Å². The maximum Gasteiger partial charge on any atom is 0.0596 e. The molecule has 0 unspecified atom stereocenters. The molecule has 4 nitrogen and oxygen atoms in total. The van der Waals surface area contributed by atoms with Gasteiger partial charge in [0.05, 0.1) is 12.7 Å². The van der Waals surface area contributed by atoms with Crippen molar-refractivity contribution in [3.8, 4) is 0 Å². The summed E-state index contributed by atoms with van der Waals surface area (Å²) < 4.78 is 5.59. The minimum atomic E-state index is 0. The van der Waals surface area contributed by atoms with Crippen LogP contribution in [0.4, 0.5) is 0 Å². The van der Waals surface area contributed by atoms with Crippen LogP contribution < -0.4 is 0 Å². The topological polar surface area (TPSA) is 19.0 Å². The smallest absolute Gasteiger partial charge is 0.0596 e. The molecule has 0 bridgehead atoms. The first-order chi connectivity index (χ1) is 11.9. The zero-order chi connectivity index (χ0) is 18.7. The van der Waals surface area contributed by atoms with Crippen molar-refractivity contribution in [3.63, 3.8) is 0 Å². The van der Waals surface area contributed by atoms with Crippen LogP contribution in [0.3, 0.4) is 0 Å². The molecule has 0 saturated carbocycles. The van der Waals surface area contributed by atoms with Gasteiger partial charge in [-0.1, -0.05) is 13.3 Å². The summed E-state index contributed by atoms with van der Waals surface area (Å²) in [5, 5.41) is 0. The van der Waals surface area contributed by atoms with Crippen LogP contribution in [0.2, 0.25) is 0 Å². The molecular weight excluding hydrogens is 361 g/mol. The van der Waals surface area contributed by atoms with E-state index in [1.54, 1.807) is 0 Å². The van der Waals surface area contributed by atoms with E-state index < -0.39 is 0 Å². The molecule has 2 rings (SSSR count). The Balaban J connectivity index is 0.000000583. The Kier molecular flexibility index (Phi) is 14.7. The molecule has 0 N–H and O–H groups in total. The molecule has 2 heterocycles. The third kappa shape index (κ3) is 10.7. The van der Waals surface area contributed by atoms with Crippen molar-refractivity contribution in [1.82, 2.24) is 14.7 Å². The third-order valence-electron chi connectivity index (χ3n) is 5.59. The largest absolute Gasteiger partial charge is 0.377 e. The molecule has 5 heteroatoms. The first-order valence-electron chi connectivity index (χ1n) is 10.5. The summed E-state index contributed by atoms with van der Waals surface area (Å²) in [5.74, 6) is 0. The standard InChI is InChI=1S/C14H29N2O.C7H15N.V/c1-6-14(4,5)16-9-7-15(8-10-16)11-12-17-13(2)3;1-2-8-6-4-3-5-7-8;/h13H,1,6-12H2,2-5H3;2-7H2,1H3;/q-1;;. The molecule has 155 valence electrons. The molecule has 2 aliphatic rings. The summed E-state index contributed by atoms with van der Waals surface area (Å²) in [6, 6.07) is 0. The maximum absolute atomic E-state index is 5.59. The molecule has 0 aromatic heterocycles. The van der Waals surface area contributed by atoms with Crippen molar-refractivity contribution in [2.24, 2.45) is 0 Å². The van der Waals surface area contributed by atoms with Crippen molar-refractivity contribution < 1.29 is 23.3 Å². The van der Waals surface area contributed by atoms with Crippen molar-refractivity contribution >= 4 is 0 Å². The van der Waals surface area contributed by atoms with Crippen LogP contribution in [-0.2, 0) is 23.3 Å². The number of nitrogens with zero attached hydrogens (tertiary/aromatic N) is 3. The summed E-state index contributed by atoms with van der Waals surface area (Å²) in [7, 11) is 0. The molecule has 2 fully saturated rings. The van der Waals surface area contributed by atoms with Gasteiger partial charge in [-0.25, -0.2) is 0 Å². The average Bonchev–Trinajstić information content (AvgIpc) is 2.63. The van der Waals surface area contributed by atoms with Crippen molar-refractivity contribution in [1.29, 1.82) is 0 Å². The first-order valence-corrected chi connectivity index (χ1v) is 10.5. The fraction of sp³-hybridized carbons (Fsp3) is 0.952. The molecule has 0 aromatic rings. The van der Waals surface area contributed by atoms with E-state index >= 15 is 0 Å². The third-order valence-corrected chi connectivity index (χ3v) is 5.59. The number of piperidine rings is 1. The zero-order valence-corrected chi connectivity index (χ0v) is 19.6. The summed E-state index contributed by atoms with van der Waals surface area (Å²) in [6.45, 7) is 25.5. The van der Waals surface area contributed by atoms with Crippen molar-refractivity contribution in [3.05, 3.63) is 6.92 Å². The van der Waals surface area contributed by atoms with Crippen LogP contribution >= 0.6 is 0 Å². The molecular formula is C21H44N3OV-. The van der Waals surface area contributed by atoms with E-state index in [1.165, 1.54) is 38.9 Å². The van der Waals surface area contributed by atoms with Gasteiger partial charge in [0.15, 0.2) is 0 Å². The van der Waals surface area contributed by atoms with Gasteiger partial charge < -0.3 is 16.6 Å². The average molecular weight is 406 g/mol. The van der Waals surface area contributed by atoms with Gasteiger partial charge in [0, 0.05) is 51.3 Å². The normalized spacial score (nSPS) is 20.4. The molecule has 2 aliphatic heterocycles. The number of ether oxygens (including phenoxy) is 1. The minimum Gasteiger partial charge on any atom is -0.377 e. The Morgan fingerprint density at radius 1 is 0.923 bits per heavy atom. The number of piperazine rings is 1. The van der Waals surface area contributed by atoms with Crippen LogP contribution in [0.1, 0.15) is 60.3 Å². The van der Waals surface area contributed by atoms with E-state index in [1.807, 2.05) is 0 Å². The summed E-state index contributed by atoms with van der Waals surface area (Å²) in [5.41, 5.74) is 0.251. The predicted octanol–water partition coefficient (Wildman–Crippen LogP) is 3.52. The molecule has 1 radical (unpaired) electrons. The number of hydrogen-bond acceptors (Lipinski definition) is 4. The van der Waals surface area contributed by atoms with Crippen molar-refractivity contribution in [2.75, 3.05) is 59.0 Å². The van der Waals surface area contributed by atoms with Gasteiger partial charge in [0.25, 0.3) is 0 Å². The summed E-state index contributed by atoms with van der Waals surface area (Å²) in [6.07, 6.45) is 5.63. The fourth-order valence-electron chi connectivity index (χ4n) is 3.43. The molecule has 0 aliphatic carbocycles. The molecule has 0 amide bonds. The van der Waals surface area contributed by atoms with E-state index in [0.29, 0.717) is 6.10 Å². The Morgan fingerprint density at radius 2 is 1.50 bits per heavy atom. The SMILES string of the molecule is CCN1CCCCC1.[CH2-]CC(C)(C)N1CCN(CCOC(C)C)CC1.[V]. The second-order valence-electron chi connectivity index (χ2n) is 8.31.